The van der Waals surface area contributed by atoms with Crippen LogP contribution in [0.15, 0.2) is 48.7 Å². The predicted octanol–water partition coefficient (Wildman–Crippen LogP) is 2.86. The highest BCUT2D eigenvalue weighted by Gasteiger charge is 2.33. The maximum atomic E-state index is 12.2. The fourth-order valence-corrected chi connectivity index (χ4v) is 3.51. The summed E-state index contributed by atoms with van der Waals surface area (Å²) in [5.41, 5.74) is 1.99. The van der Waals surface area contributed by atoms with E-state index in [1.165, 1.54) is 0 Å². The highest BCUT2D eigenvalue weighted by molar-refractivity contribution is 8.00. The molecule has 1 atom stereocenters. The SMILES string of the molecule is COc1cccc(CN2C(=O)CSC2c2ccccn2)c1. The largest absolute Gasteiger partial charge is 0.497 e. The molecule has 1 fully saturated rings. The Hall–Kier alpha value is -2.01. The van der Waals surface area contributed by atoms with E-state index in [0.717, 1.165) is 17.0 Å². The molecule has 0 N–H and O–H groups in total. The Morgan fingerprint density at radius 3 is 3.00 bits per heavy atom. The summed E-state index contributed by atoms with van der Waals surface area (Å²) in [4.78, 5) is 18.4. The van der Waals surface area contributed by atoms with Crippen LogP contribution < -0.4 is 4.74 Å². The molecule has 1 aromatic heterocycles. The zero-order valence-electron chi connectivity index (χ0n) is 11.7. The monoisotopic (exact) mass is 300 g/mol. The fraction of sp³-hybridized carbons (Fsp3) is 0.250. The Morgan fingerprint density at radius 2 is 2.24 bits per heavy atom. The van der Waals surface area contributed by atoms with E-state index in [9.17, 15) is 4.79 Å². The summed E-state index contributed by atoms with van der Waals surface area (Å²) in [5, 5.41) is -0.00935. The Balaban J connectivity index is 1.83. The molecule has 1 amide bonds. The van der Waals surface area contributed by atoms with Gasteiger partial charge in [-0.25, -0.2) is 0 Å². The van der Waals surface area contributed by atoms with Crippen molar-refractivity contribution in [3.8, 4) is 5.75 Å². The maximum absolute atomic E-state index is 12.2. The molecule has 2 heterocycles. The van der Waals surface area contributed by atoms with Crippen molar-refractivity contribution in [3.63, 3.8) is 0 Å². The highest BCUT2D eigenvalue weighted by atomic mass is 32.2. The van der Waals surface area contributed by atoms with E-state index in [2.05, 4.69) is 4.98 Å². The molecule has 1 aromatic carbocycles. The van der Waals surface area contributed by atoms with E-state index in [4.69, 9.17) is 4.74 Å². The second-order valence-corrected chi connectivity index (χ2v) is 5.86. The molecule has 1 unspecified atom stereocenters. The zero-order chi connectivity index (χ0) is 14.7. The number of nitrogens with zero attached hydrogens (tertiary/aromatic N) is 2. The van der Waals surface area contributed by atoms with Crippen LogP contribution in [0.25, 0.3) is 0 Å². The van der Waals surface area contributed by atoms with Gasteiger partial charge in [-0.1, -0.05) is 18.2 Å². The van der Waals surface area contributed by atoms with Gasteiger partial charge in [-0.05, 0) is 29.8 Å². The van der Waals surface area contributed by atoms with E-state index < -0.39 is 0 Å². The molecule has 1 aliphatic rings. The number of rotatable bonds is 4. The van der Waals surface area contributed by atoms with Crippen LogP contribution in [0.1, 0.15) is 16.6 Å². The molecule has 2 aromatic rings. The Labute approximate surface area is 128 Å². The van der Waals surface area contributed by atoms with Crippen LogP contribution in [0, 0.1) is 0 Å². The summed E-state index contributed by atoms with van der Waals surface area (Å²) in [5.74, 6) is 1.46. The van der Waals surface area contributed by atoms with Crippen LogP contribution in [0.5, 0.6) is 5.75 Å². The van der Waals surface area contributed by atoms with Gasteiger partial charge in [0.2, 0.25) is 5.91 Å². The number of hydrogen-bond donors (Lipinski definition) is 0. The van der Waals surface area contributed by atoms with E-state index >= 15 is 0 Å². The molecule has 1 saturated heterocycles. The average molecular weight is 300 g/mol. The van der Waals surface area contributed by atoms with Crippen molar-refractivity contribution in [2.45, 2.75) is 11.9 Å². The molecule has 0 radical (unpaired) electrons. The van der Waals surface area contributed by atoms with Gasteiger partial charge in [0.1, 0.15) is 11.1 Å². The molecule has 0 bridgehead atoms. The standard InChI is InChI=1S/C16H16N2O2S/c1-20-13-6-4-5-12(9-13)10-18-15(19)11-21-16(18)14-7-2-3-8-17-14/h2-9,16H,10-11H2,1H3. The fourth-order valence-electron chi connectivity index (χ4n) is 2.36. The molecule has 0 spiro atoms. The lowest BCUT2D eigenvalue weighted by atomic mass is 10.2. The summed E-state index contributed by atoms with van der Waals surface area (Å²) < 4.78 is 5.24. The number of methoxy groups -OCH3 is 1. The lowest BCUT2D eigenvalue weighted by Crippen LogP contribution is -2.28. The third kappa shape index (κ3) is 3.03. The van der Waals surface area contributed by atoms with Crippen molar-refractivity contribution < 1.29 is 9.53 Å². The third-order valence-corrected chi connectivity index (χ3v) is 4.62. The van der Waals surface area contributed by atoms with E-state index in [1.54, 1.807) is 25.1 Å². The minimum atomic E-state index is -0.00935. The van der Waals surface area contributed by atoms with Crippen molar-refractivity contribution in [1.29, 1.82) is 0 Å². The number of benzene rings is 1. The number of thioether (sulfide) groups is 1. The first-order chi connectivity index (χ1) is 10.3. The molecule has 4 nitrogen and oxygen atoms in total. The highest BCUT2D eigenvalue weighted by Crippen LogP contribution is 2.38. The van der Waals surface area contributed by atoms with Gasteiger partial charge >= 0.3 is 0 Å². The lowest BCUT2D eigenvalue weighted by molar-refractivity contribution is -0.128. The van der Waals surface area contributed by atoms with Crippen molar-refractivity contribution in [3.05, 3.63) is 59.9 Å². The van der Waals surface area contributed by atoms with E-state index in [1.807, 2.05) is 47.4 Å². The van der Waals surface area contributed by atoms with Gasteiger partial charge < -0.3 is 9.64 Å². The van der Waals surface area contributed by atoms with Gasteiger partial charge in [0, 0.05) is 12.7 Å². The molecular weight excluding hydrogens is 284 g/mol. The molecule has 3 rings (SSSR count). The number of aromatic nitrogens is 1. The first-order valence-electron chi connectivity index (χ1n) is 6.73. The molecule has 0 aliphatic carbocycles. The van der Waals surface area contributed by atoms with Gasteiger partial charge in [0.25, 0.3) is 0 Å². The summed E-state index contributed by atoms with van der Waals surface area (Å²) in [6.45, 7) is 0.574. The van der Waals surface area contributed by atoms with Crippen LogP contribution in [-0.4, -0.2) is 28.7 Å². The molecule has 5 heteroatoms. The molecule has 0 saturated carbocycles. The summed E-state index contributed by atoms with van der Waals surface area (Å²) in [6.07, 6.45) is 1.77. The van der Waals surface area contributed by atoms with Crippen molar-refractivity contribution >= 4 is 17.7 Å². The lowest BCUT2D eigenvalue weighted by Gasteiger charge is -2.23. The van der Waals surface area contributed by atoms with E-state index in [0.29, 0.717) is 12.3 Å². The second kappa shape index (κ2) is 6.18. The number of pyridine rings is 1. The summed E-state index contributed by atoms with van der Waals surface area (Å²) in [6, 6.07) is 13.6. The van der Waals surface area contributed by atoms with E-state index in [-0.39, 0.29) is 11.3 Å². The molecule has 1 aliphatic heterocycles. The van der Waals surface area contributed by atoms with Crippen molar-refractivity contribution in [2.24, 2.45) is 0 Å². The van der Waals surface area contributed by atoms with Gasteiger partial charge in [-0.15, -0.1) is 11.8 Å². The van der Waals surface area contributed by atoms with Gasteiger partial charge in [-0.2, -0.15) is 0 Å². The minimum absolute atomic E-state index is 0.00935. The van der Waals surface area contributed by atoms with Crippen LogP contribution in [-0.2, 0) is 11.3 Å². The Morgan fingerprint density at radius 1 is 1.33 bits per heavy atom. The van der Waals surface area contributed by atoms with Crippen LogP contribution in [0.3, 0.4) is 0 Å². The number of amides is 1. The molecule has 21 heavy (non-hydrogen) atoms. The van der Waals surface area contributed by atoms with Crippen LogP contribution in [0.2, 0.25) is 0 Å². The van der Waals surface area contributed by atoms with Crippen LogP contribution >= 0.6 is 11.8 Å². The first-order valence-corrected chi connectivity index (χ1v) is 7.78. The summed E-state index contributed by atoms with van der Waals surface area (Å²) >= 11 is 1.62. The number of ether oxygens (including phenoxy) is 1. The Bertz CT molecular complexity index is 633. The first kappa shape index (κ1) is 13.9. The van der Waals surface area contributed by atoms with Crippen LogP contribution in [0.4, 0.5) is 0 Å². The zero-order valence-corrected chi connectivity index (χ0v) is 12.5. The minimum Gasteiger partial charge on any atom is -0.497 e. The molecule has 108 valence electrons. The van der Waals surface area contributed by atoms with Gasteiger partial charge in [0.05, 0.1) is 18.6 Å². The normalized spacial score (nSPS) is 18.0. The van der Waals surface area contributed by atoms with Gasteiger partial charge in [-0.3, -0.25) is 9.78 Å². The second-order valence-electron chi connectivity index (χ2n) is 4.79. The van der Waals surface area contributed by atoms with Crippen molar-refractivity contribution in [2.75, 3.05) is 12.9 Å². The number of carbonyl (C=O) groups excluding carboxylic acids is 1. The predicted molar refractivity (Wildman–Crippen MR) is 83.0 cm³/mol. The number of hydrogen-bond acceptors (Lipinski definition) is 4. The smallest absolute Gasteiger partial charge is 0.234 e. The van der Waals surface area contributed by atoms with Gasteiger partial charge in [0.15, 0.2) is 0 Å². The maximum Gasteiger partial charge on any atom is 0.234 e. The number of carbonyl (C=O) groups is 1. The Kier molecular flexibility index (Phi) is 4.10. The average Bonchev–Trinajstić information content (AvgIpc) is 2.89. The quantitative estimate of drug-likeness (QED) is 0.871. The van der Waals surface area contributed by atoms with Crippen molar-refractivity contribution in [1.82, 2.24) is 9.88 Å². The topological polar surface area (TPSA) is 42.4 Å². The summed E-state index contributed by atoms with van der Waals surface area (Å²) in [7, 11) is 1.65. The molecular formula is C16H16N2O2S. The third-order valence-electron chi connectivity index (χ3n) is 3.40.